The van der Waals surface area contributed by atoms with Crippen LogP contribution < -0.4 is 9.88 Å². The highest BCUT2D eigenvalue weighted by molar-refractivity contribution is 7.97. The molecule has 0 bridgehead atoms. The van der Waals surface area contributed by atoms with Crippen molar-refractivity contribution in [2.24, 2.45) is 5.14 Å². The second kappa shape index (κ2) is 6.38. The zero-order valence-corrected chi connectivity index (χ0v) is 14.4. The van der Waals surface area contributed by atoms with Gasteiger partial charge in [0.05, 0.1) is 23.7 Å². The van der Waals surface area contributed by atoms with Gasteiger partial charge in [0.15, 0.2) is 11.6 Å². The molecule has 0 aliphatic carbocycles. The van der Waals surface area contributed by atoms with E-state index in [4.69, 9.17) is 9.88 Å². The third kappa shape index (κ3) is 2.73. The first-order valence-corrected chi connectivity index (χ1v) is 8.65. The van der Waals surface area contributed by atoms with Gasteiger partial charge in [-0.3, -0.25) is 10.1 Å². The Morgan fingerprint density at radius 2 is 1.96 bits per heavy atom. The van der Waals surface area contributed by atoms with Crippen LogP contribution in [0.4, 0.5) is 4.39 Å². The van der Waals surface area contributed by atoms with E-state index in [0.29, 0.717) is 6.54 Å². The molecule has 4 rings (SSSR count). The van der Waals surface area contributed by atoms with Gasteiger partial charge in [0.1, 0.15) is 0 Å². The summed E-state index contributed by atoms with van der Waals surface area (Å²) in [5.41, 5.74) is 3.70. The monoisotopic (exact) mass is 353 g/mol. The molecule has 2 aromatic heterocycles. The molecule has 0 saturated heterocycles. The molecule has 2 N–H and O–H groups in total. The zero-order valence-electron chi connectivity index (χ0n) is 13.6. The van der Waals surface area contributed by atoms with Gasteiger partial charge in [-0.05, 0) is 47.8 Å². The molecule has 0 atom stereocenters. The molecule has 2 heterocycles. The van der Waals surface area contributed by atoms with Crippen LogP contribution in [0.5, 0.6) is 5.75 Å². The van der Waals surface area contributed by atoms with Gasteiger partial charge in [0.25, 0.3) is 0 Å². The molecule has 0 fully saturated rings. The summed E-state index contributed by atoms with van der Waals surface area (Å²) < 4.78 is 21.5. The third-order valence-corrected chi connectivity index (χ3v) is 4.84. The van der Waals surface area contributed by atoms with E-state index in [2.05, 4.69) is 9.55 Å². The molecular formula is C19H16FN3OS. The summed E-state index contributed by atoms with van der Waals surface area (Å²) in [6.07, 6.45) is 1.75. The molecule has 2 aromatic carbocycles. The van der Waals surface area contributed by atoms with Crippen LogP contribution in [0.25, 0.3) is 21.9 Å². The molecule has 6 heteroatoms. The van der Waals surface area contributed by atoms with Crippen LogP contribution in [0.3, 0.4) is 0 Å². The largest absolute Gasteiger partial charge is 0.494 e. The smallest absolute Gasteiger partial charge is 0.167 e. The van der Waals surface area contributed by atoms with Crippen LogP contribution in [0.15, 0.2) is 59.6 Å². The van der Waals surface area contributed by atoms with E-state index in [-0.39, 0.29) is 11.6 Å². The summed E-state index contributed by atoms with van der Waals surface area (Å²) >= 11 is 1.22. The zero-order chi connectivity index (χ0) is 17.4. The van der Waals surface area contributed by atoms with Gasteiger partial charge in [-0.25, -0.2) is 4.39 Å². The summed E-state index contributed by atoms with van der Waals surface area (Å²) in [5, 5.41) is 6.46. The van der Waals surface area contributed by atoms with Gasteiger partial charge in [0.2, 0.25) is 0 Å². The van der Waals surface area contributed by atoms with Crippen LogP contribution in [0.1, 0.15) is 5.56 Å². The molecule has 4 nitrogen and oxygen atoms in total. The highest BCUT2D eigenvalue weighted by atomic mass is 32.2. The van der Waals surface area contributed by atoms with E-state index in [1.807, 2.05) is 36.4 Å². The Hall–Kier alpha value is -2.57. The Bertz CT molecular complexity index is 1060. The molecule has 0 saturated carbocycles. The van der Waals surface area contributed by atoms with Crippen molar-refractivity contribution in [2.45, 2.75) is 11.4 Å². The average molecular weight is 353 g/mol. The molecule has 0 aliphatic rings. The maximum Gasteiger partial charge on any atom is 0.167 e. The van der Waals surface area contributed by atoms with E-state index < -0.39 is 0 Å². The molecule has 0 amide bonds. The van der Waals surface area contributed by atoms with Crippen molar-refractivity contribution in [3.05, 3.63) is 66.1 Å². The average Bonchev–Trinajstić information content (AvgIpc) is 2.95. The number of methoxy groups -OCH3 is 1. The summed E-state index contributed by atoms with van der Waals surface area (Å²) in [4.78, 5) is 5.49. The van der Waals surface area contributed by atoms with Gasteiger partial charge < -0.3 is 9.30 Å². The summed E-state index contributed by atoms with van der Waals surface area (Å²) in [6.45, 7) is 0.618. The standard InChI is InChI=1S/C19H16FN3OS/c1-24-18-9-14-17(10-15(18)20)23(16-3-2-8-22-19(14)16)11-12-4-6-13(25-21)7-5-12/h2-10H,11,21H2,1H3. The molecule has 0 aliphatic heterocycles. The molecule has 4 aromatic rings. The second-order valence-corrected chi connectivity index (χ2v) is 6.43. The Morgan fingerprint density at radius 3 is 2.68 bits per heavy atom. The van der Waals surface area contributed by atoms with Crippen molar-refractivity contribution in [3.8, 4) is 5.75 Å². The summed E-state index contributed by atoms with van der Waals surface area (Å²) in [5.74, 6) is -0.157. The molecular weight excluding hydrogens is 337 g/mol. The highest BCUT2D eigenvalue weighted by Gasteiger charge is 2.15. The minimum atomic E-state index is -0.381. The van der Waals surface area contributed by atoms with E-state index in [9.17, 15) is 4.39 Å². The number of ether oxygens (including phenoxy) is 1. The van der Waals surface area contributed by atoms with Crippen molar-refractivity contribution < 1.29 is 9.13 Å². The fourth-order valence-corrected chi connectivity index (χ4v) is 3.38. The minimum Gasteiger partial charge on any atom is -0.494 e. The van der Waals surface area contributed by atoms with Crippen molar-refractivity contribution in [1.29, 1.82) is 0 Å². The van der Waals surface area contributed by atoms with Crippen LogP contribution in [0.2, 0.25) is 0 Å². The lowest BCUT2D eigenvalue weighted by molar-refractivity contribution is 0.387. The molecule has 0 spiro atoms. The molecule has 126 valence electrons. The van der Waals surface area contributed by atoms with Crippen molar-refractivity contribution in [1.82, 2.24) is 9.55 Å². The maximum absolute atomic E-state index is 14.3. The van der Waals surface area contributed by atoms with Crippen LogP contribution in [-0.4, -0.2) is 16.7 Å². The van der Waals surface area contributed by atoms with Gasteiger partial charge >= 0.3 is 0 Å². The SMILES string of the molecule is COc1cc2c3ncccc3n(Cc3ccc(SN)cc3)c2cc1F. The van der Waals surface area contributed by atoms with Crippen LogP contribution in [-0.2, 0) is 6.54 Å². The summed E-state index contributed by atoms with van der Waals surface area (Å²) in [7, 11) is 1.47. The number of halogens is 1. The Labute approximate surface area is 148 Å². The van der Waals surface area contributed by atoms with Crippen molar-refractivity contribution in [3.63, 3.8) is 0 Å². The van der Waals surface area contributed by atoms with Crippen molar-refractivity contribution in [2.75, 3.05) is 7.11 Å². The quantitative estimate of drug-likeness (QED) is 0.554. The van der Waals surface area contributed by atoms with Gasteiger partial charge in [-0.2, -0.15) is 0 Å². The van der Waals surface area contributed by atoms with E-state index in [1.54, 1.807) is 12.3 Å². The van der Waals surface area contributed by atoms with E-state index >= 15 is 0 Å². The van der Waals surface area contributed by atoms with Crippen molar-refractivity contribution >= 4 is 33.9 Å². The van der Waals surface area contributed by atoms with E-state index in [0.717, 1.165) is 32.4 Å². The second-order valence-electron chi connectivity index (χ2n) is 5.72. The predicted octanol–water partition coefficient (Wildman–Crippen LogP) is 4.35. The van der Waals surface area contributed by atoms with Gasteiger partial charge in [-0.15, -0.1) is 0 Å². The maximum atomic E-state index is 14.3. The van der Waals surface area contributed by atoms with Crippen LogP contribution in [0, 0.1) is 5.82 Å². The number of aromatic nitrogens is 2. The minimum absolute atomic E-state index is 0.224. The number of hydrogen-bond acceptors (Lipinski definition) is 4. The van der Waals surface area contributed by atoms with E-state index in [1.165, 1.54) is 25.1 Å². The molecule has 0 unspecified atom stereocenters. The fraction of sp³-hybridized carbons (Fsp3) is 0.105. The lowest BCUT2D eigenvalue weighted by atomic mass is 10.2. The van der Waals surface area contributed by atoms with Crippen LogP contribution >= 0.6 is 11.9 Å². The molecule has 25 heavy (non-hydrogen) atoms. The Kier molecular flexibility index (Phi) is 4.07. The fourth-order valence-electron chi connectivity index (χ4n) is 3.09. The number of hydrogen-bond donors (Lipinski definition) is 1. The predicted molar refractivity (Wildman–Crippen MR) is 99.3 cm³/mol. The topological polar surface area (TPSA) is 53.1 Å². The number of rotatable bonds is 4. The molecule has 0 radical (unpaired) electrons. The van der Waals surface area contributed by atoms with Gasteiger partial charge in [-0.1, -0.05) is 12.1 Å². The normalized spacial score (nSPS) is 11.3. The Morgan fingerprint density at radius 1 is 1.16 bits per heavy atom. The summed E-state index contributed by atoms with van der Waals surface area (Å²) in [6, 6.07) is 15.1. The number of fused-ring (bicyclic) bond motifs is 3. The first-order chi connectivity index (χ1) is 12.2. The number of nitrogens with two attached hydrogens (primary N) is 1. The lowest BCUT2D eigenvalue weighted by Gasteiger charge is -2.09. The third-order valence-electron chi connectivity index (χ3n) is 4.29. The Balaban J connectivity index is 1.92. The first kappa shape index (κ1) is 15.9. The number of benzene rings is 2. The highest BCUT2D eigenvalue weighted by Crippen LogP contribution is 2.32. The number of pyridine rings is 1. The number of nitrogens with zero attached hydrogens (tertiary/aromatic N) is 2. The first-order valence-electron chi connectivity index (χ1n) is 7.77. The lowest BCUT2D eigenvalue weighted by Crippen LogP contribution is -2.00. The van der Waals surface area contributed by atoms with Gasteiger partial charge in [0, 0.05) is 29.1 Å².